The first-order valence-electron chi connectivity index (χ1n) is 13.8. The maximum Gasteiger partial charge on any atom is 0.264 e. The SMILES string of the molecule is CCCCNC(=O)[C@@H](CC)N(Cc1ccc(F)cc1)C(=O)CN(c1cc(OC)ccc1OC)S(=O)(=O)c1ccccc1. The second-order valence-electron chi connectivity index (χ2n) is 9.58. The van der Waals surface area contributed by atoms with Gasteiger partial charge in [0.15, 0.2) is 0 Å². The van der Waals surface area contributed by atoms with Gasteiger partial charge in [-0.2, -0.15) is 0 Å². The second kappa shape index (κ2) is 15.2. The zero-order valence-corrected chi connectivity index (χ0v) is 25.2. The molecule has 0 saturated carbocycles. The minimum absolute atomic E-state index is 0.0305. The molecule has 0 aliphatic carbocycles. The lowest BCUT2D eigenvalue weighted by Gasteiger charge is -2.33. The van der Waals surface area contributed by atoms with Crippen molar-refractivity contribution in [1.82, 2.24) is 10.2 Å². The molecule has 3 rings (SSSR count). The molecule has 0 aliphatic heterocycles. The van der Waals surface area contributed by atoms with Gasteiger partial charge in [0.05, 0.1) is 24.8 Å². The Morgan fingerprint density at radius 3 is 2.24 bits per heavy atom. The molecule has 0 bridgehead atoms. The van der Waals surface area contributed by atoms with Crippen LogP contribution in [0, 0.1) is 5.82 Å². The van der Waals surface area contributed by atoms with Gasteiger partial charge in [0.1, 0.15) is 29.9 Å². The van der Waals surface area contributed by atoms with Crippen LogP contribution in [0.25, 0.3) is 0 Å². The van der Waals surface area contributed by atoms with Gasteiger partial charge in [-0.05, 0) is 54.8 Å². The van der Waals surface area contributed by atoms with E-state index in [2.05, 4.69) is 5.32 Å². The number of benzene rings is 3. The summed E-state index contributed by atoms with van der Waals surface area (Å²) in [6.45, 7) is 3.55. The number of sulfonamides is 1. The van der Waals surface area contributed by atoms with Crippen molar-refractivity contribution >= 4 is 27.5 Å². The summed E-state index contributed by atoms with van der Waals surface area (Å²) in [6, 6.07) is 17.1. The fourth-order valence-corrected chi connectivity index (χ4v) is 5.87. The Bertz CT molecular complexity index is 1430. The molecule has 1 atom stereocenters. The number of hydrogen-bond donors (Lipinski definition) is 1. The smallest absolute Gasteiger partial charge is 0.264 e. The van der Waals surface area contributed by atoms with E-state index in [4.69, 9.17) is 9.47 Å². The minimum atomic E-state index is -4.29. The van der Waals surface area contributed by atoms with E-state index in [-0.39, 0.29) is 35.2 Å². The lowest BCUT2D eigenvalue weighted by Crippen LogP contribution is -2.52. The van der Waals surface area contributed by atoms with Crippen LogP contribution in [0.15, 0.2) is 77.7 Å². The third-order valence-electron chi connectivity index (χ3n) is 6.75. The van der Waals surface area contributed by atoms with Crippen LogP contribution in [-0.2, 0) is 26.2 Å². The molecule has 42 heavy (non-hydrogen) atoms. The van der Waals surface area contributed by atoms with Gasteiger partial charge in [-0.1, -0.05) is 50.6 Å². The number of unbranched alkanes of at least 4 members (excludes halogenated alkanes) is 1. The Balaban J connectivity index is 2.10. The van der Waals surface area contributed by atoms with Gasteiger partial charge in [0.2, 0.25) is 11.8 Å². The summed E-state index contributed by atoms with van der Waals surface area (Å²) in [5.74, 6) is -0.848. The molecule has 0 spiro atoms. The van der Waals surface area contributed by atoms with Gasteiger partial charge in [-0.15, -0.1) is 0 Å². The highest BCUT2D eigenvalue weighted by molar-refractivity contribution is 7.92. The molecule has 3 aromatic carbocycles. The number of carbonyl (C=O) groups is 2. The number of nitrogens with zero attached hydrogens (tertiary/aromatic N) is 2. The first-order chi connectivity index (χ1) is 20.2. The summed E-state index contributed by atoms with van der Waals surface area (Å²) in [6.07, 6.45) is 1.93. The second-order valence-corrected chi connectivity index (χ2v) is 11.4. The summed E-state index contributed by atoms with van der Waals surface area (Å²) in [5, 5.41) is 2.88. The summed E-state index contributed by atoms with van der Waals surface area (Å²) in [4.78, 5) is 28.7. The Kier molecular flexibility index (Phi) is 11.7. The van der Waals surface area contributed by atoms with Crippen LogP contribution in [0.5, 0.6) is 11.5 Å². The molecule has 11 heteroatoms. The Morgan fingerprint density at radius 2 is 1.64 bits per heavy atom. The van der Waals surface area contributed by atoms with E-state index >= 15 is 0 Å². The normalized spacial score (nSPS) is 11.8. The monoisotopic (exact) mass is 599 g/mol. The van der Waals surface area contributed by atoms with E-state index in [0.717, 1.165) is 17.1 Å². The predicted octanol–water partition coefficient (Wildman–Crippen LogP) is 4.76. The number of ether oxygens (including phenoxy) is 2. The number of nitrogens with one attached hydrogen (secondary N) is 1. The van der Waals surface area contributed by atoms with Crippen molar-refractivity contribution in [2.45, 2.75) is 50.6 Å². The average molecular weight is 600 g/mol. The average Bonchev–Trinajstić information content (AvgIpc) is 3.00. The van der Waals surface area contributed by atoms with E-state index in [1.54, 1.807) is 37.3 Å². The lowest BCUT2D eigenvalue weighted by atomic mass is 10.1. The molecular formula is C31H38FN3O6S. The van der Waals surface area contributed by atoms with Gasteiger partial charge in [-0.25, -0.2) is 12.8 Å². The van der Waals surface area contributed by atoms with E-state index in [1.807, 2.05) is 6.92 Å². The van der Waals surface area contributed by atoms with Crippen molar-refractivity contribution in [3.05, 3.63) is 84.2 Å². The molecular weight excluding hydrogens is 561 g/mol. The minimum Gasteiger partial charge on any atom is -0.497 e. The molecule has 226 valence electrons. The molecule has 0 aliphatic rings. The highest BCUT2D eigenvalue weighted by Gasteiger charge is 2.35. The van der Waals surface area contributed by atoms with Crippen molar-refractivity contribution in [3.8, 4) is 11.5 Å². The van der Waals surface area contributed by atoms with Crippen LogP contribution in [0.4, 0.5) is 10.1 Å². The van der Waals surface area contributed by atoms with Gasteiger partial charge in [0.25, 0.3) is 10.0 Å². The van der Waals surface area contributed by atoms with Crippen molar-refractivity contribution < 1.29 is 31.9 Å². The van der Waals surface area contributed by atoms with Gasteiger partial charge >= 0.3 is 0 Å². The number of halogens is 1. The Morgan fingerprint density at radius 1 is 0.952 bits per heavy atom. The van der Waals surface area contributed by atoms with E-state index in [1.165, 1.54) is 61.6 Å². The maximum atomic E-state index is 14.2. The molecule has 0 saturated heterocycles. The molecule has 0 unspecified atom stereocenters. The maximum absolute atomic E-state index is 14.2. The van der Waals surface area contributed by atoms with Crippen LogP contribution in [0.3, 0.4) is 0 Å². The van der Waals surface area contributed by atoms with Crippen LogP contribution in [0.2, 0.25) is 0 Å². The van der Waals surface area contributed by atoms with E-state index < -0.39 is 34.3 Å². The van der Waals surface area contributed by atoms with Crippen molar-refractivity contribution in [3.63, 3.8) is 0 Å². The predicted molar refractivity (Wildman–Crippen MR) is 159 cm³/mol. The zero-order valence-electron chi connectivity index (χ0n) is 24.4. The number of amides is 2. The third-order valence-corrected chi connectivity index (χ3v) is 8.52. The third kappa shape index (κ3) is 8.00. The summed E-state index contributed by atoms with van der Waals surface area (Å²) < 4.78 is 53.5. The van der Waals surface area contributed by atoms with E-state index in [9.17, 15) is 22.4 Å². The highest BCUT2D eigenvalue weighted by atomic mass is 32.2. The number of hydrogen-bond acceptors (Lipinski definition) is 6. The quantitative estimate of drug-likeness (QED) is 0.253. The lowest BCUT2D eigenvalue weighted by molar-refractivity contribution is -0.140. The summed E-state index contributed by atoms with van der Waals surface area (Å²) >= 11 is 0. The molecule has 0 fully saturated rings. The van der Waals surface area contributed by atoms with Crippen molar-refractivity contribution in [2.75, 3.05) is 31.6 Å². The first kappa shape index (κ1) is 32.4. The topological polar surface area (TPSA) is 105 Å². The highest BCUT2D eigenvalue weighted by Crippen LogP contribution is 2.36. The van der Waals surface area contributed by atoms with E-state index in [0.29, 0.717) is 17.9 Å². The molecule has 2 amide bonds. The summed E-state index contributed by atoms with van der Waals surface area (Å²) in [7, 11) is -1.45. The van der Waals surface area contributed by atoms with Crippen molar-refractivity contribution in [1.29, 1.82) is 0 Å². The number of anilines is 1. The molecule has 9 nitrogen and oxygen atoms in total. The Hall–Kier alpha value is -4.12. The molecule has 0 radical (unpaired) electrons. The van der Waals surface area contributed by atoms with Crippen LogP contribution in [0.1, 0.15) is 38.7 Å². The van der Waals surface area contributed by atoms with Crippen LogP contribution < -0.4 is 19.1 Å². The summed E-state index contributed by atoms with van der Waals surface area (Å²) in [5.41, 5.74) is 0.678. The van der Waals surface area contributed by atoms with Gasteiger partial charge < -0.3 is 19.7 Å². The number of rotatable bonds is 15. The van der Waals surface area contributed by atoms with Gasteiger partial charge in [-0.3, -0.25) is 13.9 Å². The fourth-order valence-electron chi connectivity index (χ4n) is 4.44. The molecule has 0 heterocycles. The standard InChI is InChI=1S/C31H38FN3O6S/c1-5-7-19-33-31(37)27(6-2)34(21-23-13-15-24(32)16-14-23)30(36)22-35(42(38,39)26-11-9-8-10-12-26)28-20-25(40-3)17-18-29(28)41-4/h8-18,20,27H,5-7,19,21-22H2,1-4H3,(H,33,37)/t27-/m1/s1. The molecule has 1 N–H and O–H groups in total. The first-order valence-corrected chi connectivity index (χ1v) is 15.2. The van der Waals surface area contributed by atoms with Crippen LogP contribution >= 0.6 is 0 Å². The Labute approximate surface area is 247 Å². The largest absolute Gasteiger partial charge is 0.497 e. The molecule has 0 aromatic heterocycles. The van der Waals surface area contributed by atoms with Crippen molar-refractivity contribution in [2.24, 2.45) is 0 Å². The fraction of sp³-hybridized carbons (Fsp3) is 0.355. The van der Waals surface area contributed by atoms with Crippen LogP contribution in [-0.4, -0.2) is 58.5 Å². The zero-order chi connectivity index (χ0) is 30.7. The molecule has 3 aromatic rings. The number of carbonyl (C=O) groups excluding carboxylic acids is 2. The van der Waals surface area contributed by atoms with Gasteiger partial charge in [0, 0.05) is 19.2 Å². The number of methoxy groups -OCH3 is 2.